The number of nitrogens with one attached hydrogen (secondary N) is 1. The summed E-state index contributed by atoms with van der Waals surface area (Å²) in [6.07, 6.45) is 6.06. The topological polar surface area (TPSA) is 58.4 Å². The molecule has 1 saturated carbocycles. The van der Waals surface area contributed by atoms with Gasteiger partial charge in [-0.3, -0.25) is 9.69 Å². The Kier molecular flexibility index (Phi) is 5.41. The molecule has 4 heteroatoms. The Balaban J connectivity index is 1.74. The molecule has 110 valence electrons. The Morgan fingerprint density at radius 2 is 1.90 bits per heavy atom. The Hall–Kier alpha value is -1.55. The van der Waals surface area contributed by atoms with Crippen LogP contribution < -0.4 is 11.1 Å². The molecule has 1 aliphatic rings. The van der Waals surface area contributed by atoms with Crippen LogP contribution in [-0.4, -0.2) is 30.4 Å². The van der Waals surface area contributed by atoms with Crippen molar-refractivity contribution in [2.24, 2.45) is 0 Å². The molecular weight excluding hydrogens is 250 g/mol. The van der Waals surface area contributed by atoms with Gasteiger partial charge in [-0.05, 0) is 37.6 Å². The van der Waals surface area contributed by atoms with E-state index in [9.17, 15) is 4.79 Å². The van der Waals surface area contributed by atoms with Gasteiger partial charge in [0.2, 0.25) is 5.91 Å². The molecule has 0 radical (unpaired) electrons. The number of carbonyl (C=O) groups excluding carboxylic acids is 1. The molecule has 1 aliphatic carbocycles. The predicted octanol–water partition coefficient (Wildman–Crippen LogP) is 2.15. The highest BCUT2D eigenvalue weighted by molar-refractivity contribution is 5.78. The van der Waals surface area contributed by atoms with Gasteiger partial charge >= 0.3 is 0 Å². The average Bonchev–Trinajstić information content (AvgIpc) is 2.42. The van der Waals surface area contributed by atoms with Crippen LogP contribution in [-0.2, 0) is 11.3 Å². The average molecular weight is 275 g/mol. The minimum atomic E-state index is 0.134. The molecule has 4 nitrogen and oxygen atoms in total. The van der Waals surface area contributed by atoms with Gasteiger partial charge in [0.05, 0.1) is 6.54 Å². The fraction of sp³-hybridized carbons (Fsp3) is 0.562. The molecule has 0 aromatic heterocycles. The second-order valence-corrected chi connectivity index (χ2v) is 5.82. The quantitative estimate of drug-likeness (QED) is 0.810. The number of anilines is 1. The molecule has 3 N–H and O–H groups in total. The molecule has 2 rings (SSSR count). The van der Waals surface area contributed by atoms with Gasteiger partial charge < -0.3 is 11.1 Å². The Labute approximate surface area is 121 Å². The lowest BCUT2D eigenvalue weighted by molar-refractivity contribution is -0.123. The number of benzene rings is 1. The maximum atomic E-state index is 12.0. The van der Waals surface area contributed by atoms with Crippen LogP contribution in [0.25, 0.3) is 0 Å². The number of nitrogens with two attached hydrogens (primary N) is 1. The number of likely N-dealkylation sites (N-methyl/N-ethyl adjacent to an activating group) is 1. The van der Waals surface area contributed by atoms with Gasteiger partial charge in [-0.1, -0.05) is 31.4 Å². The number of rotatable bonds is 5. The number of hydrogen-bond acceptors (Lipinski definition) is 3. The zero-order valence-electron chi connectivity index (χ0n) is 12.3. The van der Waals surface area contributed by atoms with Crippen LogP contribution in [0.5, 0.6) is 0 Å². The standard InChI is InChI=1S/C16H25N3O/c1-19(11-13-7-9-14(17)10-8-13)12-16(20)18-15-5-3-2-4-6-15/h7-10,15H,2-6,11-12,17H2,1H3,(H,18,20). The minimum Gasteiger partial charge on any atom is -0.399 e. The highest BCUT2D eigenvalue weighted by atomic mass is 16.2. The van der Waals surface area contributed by atoms with Crippen molar-refractivity contribution in [1.29, 1.82) is 0 Å². The van der Waals surface area contributed by atoms with E-state index in [2.05, 4.69) is 5.32 Å². The lowest BCUT2D eigenvalue weighted by Gasteiger charge is -2.24. The monoisotopic (exact) mass is 275 g/mol. The third-order valence-corrected chi connectivity index (χ3v) is 3.82. The zero-order valence-corrected chi connectivity index (χ0v) is 12.3. The van der Waals surface area contributed by atoms with E-state index in [0.29, 0.717) is 12.6 Å². The summed E-state index contributed by atoms with van der Waals surface area (Å²) in [4.78, 5) is 14.0. The first kappa shape index (κ1) is 14.9. The van der Waals surface area contributed by atoms with Gasteiger partial charge in [-0.2, -0.15) is 0 Å². The number of hydrogen-bond donors (Lipinski definition) is 2. The van der Waals surface area contributed by atoms with Crippen LogP contribution in [0.15, 0.2) is 24.3 Å². The number of carbonyl (C=O) groups is 1. The van der Waals surface area contributed by atoms with Crippen LogP contribution in [0, 0.1) is 0 Å². The maximum absolute atomic E-state index is 12.0. The molecule has 0 aliphatic heterocycles. The maximum Gasteiger partial charge on any atom is 0.234 e. The van der Waals surface area contributed by atoms with Crippen LogP contribution in [0.3, 0.4) is 0 Å². The highest BCUT2D eigenvalue weighted by Gasteiger charge is 2.16. The first-order valence-electron chi connectivity index (χ1n) is 7.46. The van der Waals surface area contributed by atoms with E-state index in [0.717, 1.165) is 25.1 Å². The second-order valence-electron chi connectivity index (χ2n) is 5.82. The van der Waals surface area contributed by atoms with Gasteiger partial charge in [0.1, 0.15) is 0 Å². The third-order valence-electron chi connectivity index (χ3n) is 3.82. The van der Waals surface area contributed by atoms with Gasteiger partial charge in [0.25, 0.3) is 0 Å². The molecule has 0 saturated heterocycles. The largest absolute Gasteiger partial charge is 0.399 e. The Morgan fingerprint density at radius 3 is 2.55 bits per heavy atom. The zero-order chi connectivity index (χ0) is 14.4. The van der Waals surface area contributed by atoms with Crippen molar-refractivity contribution in [2.45, 2.75) is 44.7 Å². The van der Waals surface area contributed by atoms with E-state index >= 15 is 0 Å². The predicted molar refractivity (Wildman–Crippen MR) is 82.2 cm³/mol. The van der Waals surface area contributed by atoms with Gasteiger partial charge in [-0.15, -0.1) is 0 Å². The van der Waals surface area contributed by atoms with E-state index in [1.165, 1.54) is 24.8 Å². The van der Waals surface area contributed by atoms with Gasteiger partial charge in [0.15, 0.2) is 0 Å². The SMILES string of the molecule is CN(CC(=O)NC1CCCCC1)Cc1ccc(N)cc1. The first-order valence-corrected chi connectivity index (χ1v) is 7.46. The van der Waals surface area contributed by atoms with Crippen molar-refractivity contribution in [3.05, 3.63) is 29.8 Å². The highest BCUT2D eigenvalue weighted by Crippen LogP contribution is 2.17. The summed E-state index contributed by atoms with van der Waals surface area (Å²) in [5.74, 6) is 0.134. The van der Waals surface area contributed by atoms with Gasteiger partial charge in [-0.25, -0.2) is 0 Å². The Bertz CT molecular complexity index is 424. The molecule has 1 aromatic carbocycles. The van der Waals surface area contributed by atoms with E-state index in [4.69, 9.17) is 5.73 Å². The van der Waals surface area contributed by atoms with Crippen LogP contribution in [0.4, 0.5) is 5.69 Å². The fourth-order valence-electron chi connectivity index (χ4n) is 2.76. The third kappa shape index (κ3) is 4.85. The fourth-order valence-corrected chi connectivity index (χ4v) is 2.76. The van der Waals surface area contributed by atoms with Crippen molar-refractivity contribution < 1.29 is 4.79 Å². The summed E-state index contributed by atoms with van der Waals surface area (Å²) in [5, 5.41) is 3.14. The lowest BCUT2D eigenvalue weighted by atomic mass is 9.95. The molecule has 20 heavy (non-hydrogen) atoms. The van der Waals surface area contributed by atoms with E-state index in [-0.39, 0.29) is 5.91 Å². The van der Waals surface area contributed by atoms with Crippen LogP contribution >= 0.6 is 0 Å². The molecule has 0 bridgehead atoms. The van der Waals surface area contributed by atoms with Crippen LogP contribution in [0.2, 0.25) is 0 Å². The smallest absolute Gasteiger partial charge is 0.234 e. The van der Waals surface area contributed by atoms with Crippen molar-refractivity contribution in [3.63, 3.8) is 0 Å². The number of amides is 1. The second kappa shape index (κ2) is 7.29. The van der Waals surface area contributed by atoms with Crippen molar-refractivity contribution in [1.82, 2.24) is 10.2 Å². The van der Waals surface area contributed by atoms with E-state index < -0.39 is 0 Å². The molecule has 0 atom stereocenters. The normalized spacial score (nSPS) is 16.3. The molecular formula is C16H25N3O. The first-order chi connectivity index (χ1) is 9.63. The van der Waals surface area contributed by atoms with E-state index in [1.807, 2.05) is 36.2 Å². The summed E-state index contributed by atoms with van der Waals surface area (Å²) in [7, 11) is 1.97. The van der Waals surface area contributed by atoms with Crippen molar-refractivity contribution in [2.75, 3.05) is 19.3 Å². The number of nitrogens with zero attached hydrogens (tertiary/aromatic N) is 1. The summed E-state index contributed by atoms with van der Waals surface area (Å²) in [6.45, 7) is 1.21. The molecule has 0 spiro atoms. The Morgan fingerprint density at radius 1 is 1.25 bits per heavy atom. The van der Waals surface area contributed by atoms with Crippen molar-refractivity contribution in [3.8, 4) is 0 Å². The number of nitrogen functional groups attached to an aromatic ring is 1. The molecule has 1 fully saturated rings. The summed E-state index contributed by atoms with van der Waals surface area (Å²) in [5.41, 5.74) is 7.61. The summed E-state index contributed by atoms with van der Waals surface area (Å²) >= 11 is 0. The van der Waals surface area contributed by atoms with Crippen molar-refractivity contribution >= 4 is 11.6 Å². The minimum absolute atomic E-state index is 0.134. The molecule has 1 aromatic rings. The van der Waals surface area contributed by atoms with Gasteiger partial charge in [0, 0.05) is 18.3 Å². The summed E-state index contributed by atoms with van der Waals surface area (Å²) in [6, 6.07) is 8.19. The van der Waals surface area contributed by atoms with E-state index in [1.54, 1.807) is 0 Å². The molecule has 1 amide bonds. The molecule has 0 heterocycles. The lowest BCUT2D eigenvalue weighted by Crippen LogP contribution is -2.41. The summed E-state index contributed by atoms with van der Waals surface area (Å²) < 4.78 is 0. The molecule has 0 unspecified atom stereocenters. The van der Waals surface area contributed by atoms with Crippen LogP contribution in [0.1, 0.15) is 37.7 Å².